The van der Waals surface area contributed by atoms with Gasteiger partial charge in [0.1, 0.15) is 6.04 Å². The number of carbonyl (C=O) groups is 2. The first-order valence-electron chi connectivity index (χ1n) is 13.3. The molecule has 202 valence electrons. The average molecular weight is 578 g/mol. The summed E-state index contributed by atoms with van der Waals surface area (Å²) in [5, 5.41) is 3.12. The maximum atomic E-state index is 13.9. The van der Waals surface area contributed by atoms with Crippen LogP contribution in [0.5, 0.6) is 0 Å². The van der Waals surface area contributed by atoms with Crippen LogP contribution < -0.4 is 5.32 Å². The van der Waals surface area contributed by atoms with E-state index in [2.05, 4.69) is 66.3 Å². The summed E-state index contributed by atoms with van der Waals surface area (Å²) < 4.78 is 0.976. The van der Waals surface area contributed by atoms with Gasteiger partial charge in [0.2, 0.25) is 11.8 Å². The van der Waals surface area contributed by atoms with Gasteiger partial charge in [-0.25, -0.2) is 0 Å². The largest absolute Gasteiger partial charge is 0.350 e. The Morgan fingerprint density at radius 3 is 1.92 bits per heavy atom. The fourth-order valence-corrected chi connectivity index (χ4v) is 4.62. The van der Waals surface area contributed by atoms with E-state index in [1.807, 2.05) is 75.4 Å². The fourth-order valence-electron chi connectivity index (χ4n) is 4.36. The van der Waals surface area contributed by atoms with Crippen molar-refractivity contribution in [2.45, 2.75) is 84.3 Å². The molecule has 0 saturated carbocycles. The van der Waals surface area contributed by atoms with Crippen LogP contribution in [0, 0.1) is 0 Å². The highest BCUT2D eigenvalue weighted by molar-refractivity contribution is 9.10. The van der Waals surface area contributed by atoms with E-state index in [4.69, 9.17) is 0 Å². The number of hydrogen-bond acceptors (Lipinski definition) is 2. The lowest BCUT2D eigenvalue weighted by atomic mass is 9.86. The van der Waals surface area contributed by atoms with Crippen molar-refractivity contribution >= 4 is 27.7 Å². The van der Waals surface area contributed by atoms with Gasteiger partial charge in [-0.1, -0.05) is 103 Å². The predicted molar refractivity (Wildman–Crippen MR) is 160 cm³/mol. The third-order valence-corrected chi connectivity index (χ3v) is 7.01. The molecule has 0 aliphatic heterocycles. The second kappa shape index (κ2) is 12.8. The van der Waals surface area contributed by atoms with Crippen molar-refractivity contribution in [1.82, 2.24) is 10.2 Å². The minimum Gasteiger partial charge on any atom is -0.350 e. The fraction of sp³-hybridized carbons (Fsp3) is 0.394. The molecule has 1 N–H and O–H groups in total. The second-order valence-corrected chi connectivity index (χ2v) is 13.0. The van der Waals surface area contributed by atoms with Crippen LogP contribution in [-0.4, -0.2) is 28.3 Å². The maximum Gasteiger partial charge on any atom is 0.243 e. The van der Waals surface area contributed by atoms with Crippen LogP contribution in [-0.2, 0) is 34.4 Å². The van der Waals surface area contributed by atoms with Gasteiger partial charge in [0.15, 0.2) is 0 Å². The Morgan fingerprint density at radius 1 is 0.789 bits per heavy atom. The van der Waals surface area contributed by atoms with Gasteiger partial charge in [0, 0.05) is 29.4 Å². The molecule has 0 unspecified atom stereocenters. The molecule has 0 heterocycles. The highest BCUT2D eigenvalue weighted by Crippen LogP contribution is 2.23. The highest BCUT2D eigenvalue weighted by atomic mass is 79.9. The molecule has 1 atom stereocenters. The van der Waals surface area contributed by atoms with E-state index < -0.39 is 11.6 Å². The molecule has 2 amide bonds. The number of nitrogens with zero attached hydrogens (tertiary/aromatic N) is 1. The monoisotopic (exact) mass is 576 g/mol. The van der Waals surface area contributed by atoms with E-state index in [-0.39, 0.29) is 17.2 Å². The molecule has 38 heavy (non-hydrogen) atoms. The lowest BCUT2D eigenvalue weighted by Crippen LogP contribution is -2.54. The lowest BCUT2D eigenvalue weighted by molar-refractivity contribution is -0.141. The van der Waals surface area contributed by atoms with Gasteiger partial charge in [-0.05, 0) is 67.0 Å². The molecule has 0 radical (unpaired) electrons. The first kappa shape index (κ1) is 29.6. The zero-order valence-corrected chi connectivity index (χ0v) is 25.1. The van der Waals surface area contributed by atoms with E-state index in [0.717, 1.165) is 21.2 Å². The molecule has 3 aromatic rings. The molecular formula is C33H41BrN2O2. The Morgan fingerprint density at radius 2 is 1.37 bits per heavy atom. The van der Waals surface area contributed by atoms with Gasteiger partial charge in [-0.2, -0.15) is 0 Å². The Bertz CT molecular complexity index is 1190. The van der Waals surface area contributed by atoms with Crippen molar-refractivity contribution in [1.29, 1.82) is 0 Å². The summed E-state index contributed by atoms with van der Waals surface area (Å²) in [4.78, 5) is 29.3. The third kappa shape index (κ3) is 9.13. The van der Waals surface area contributed by atoms with Crippen molar-refractivity contribution in [2.24, 2.45) is 0 Å². The van der Waals surface area contributed by atoms with Gasteiger partial charge >= 0.3 is 0 Å². The van der Waals surface area contributed by atoms with Gasteiger partial charge in [-0.3, -0.25) is 9.59 Å². The third-order valence-electron chi connectivity index (χ3n) is 6.48. The first-order chi connectivity index (χ1) is 17.8. The molecule has 0 fully saturated rings. The van der Waals surface area contributed by atoms with Crippen molar-refractivity contribution in [3.05, 3.63) is 106 Å². The zero-order valence-electron chi connectivity index (χ0n) is 23.6. The second-order valence-electron chi connectivity index (χ2n) is 12.0. The minimum atomic E-state index is -0.629. The van der Waals surface area contributed by atoms with Gasteiger partial charge in [0.25, 0.3) is 0 Å². The number of nitrogens with one attached hydrogen (secondary N) is 1. The molecule has 0 saturated heterocycles. The Balaban J connectivity index is 1.89. The van der Waals surface area contributed by atoms with Crippen LogP contribution in [0.1, 0.15) is 70.2 Å². The Hall–Kier alpha value is -2.92. The van der Waals surface area contributed by atoms with Crippen molar-refractivity contribution in [2.75, 3.05) is 0 Å². The van der Waals surface area contributed by atoms with Crippen LogP contribution in [0.2, 0.25) is 0 Å². The number of rotatable bonds is 9. The smallest absolute Gasteiger partial charge is 0.243 e. The summed E-state index contributed by atoms with van der Waals surface area (Å²) in [5.74, 6) is -0.167. The van der Waals surface area contributed by atoms with E-state index in [9.17, 15) is 9.59 Å². The topological polar surface area (TPSA) is 49.4 Å². The molecule has 0 spiro atoms. The molecule has 4 nitrogen and oxygen atoms in total. The van der Waals surface area contributed by atoms with Crippen LogP contribution in [0.25, 0.3) is 0 Å². The summed E-state index contributed by atoms with van der Waals surface area (Å²) in [7, 11) is 0. The summed E-state index contributed by atoms with van der Waals surface area (Å²) in [6.07, 6.45) is 1.41. The highest BCUT2D eigenvalue weighted by Gasteiger charge is 2.32. The molecule has 0 bridgehead atoms. The van der Waals surface area contributed by atoms with Crippen LogP contribution in [0.15, 0.2) is 83.3 Å². The molecular weight excluding hydrogens is 536 g/mol. The van der Waals surface area contributed by atoms with Gasteiger partial charge in [0.05, 0.1) is 0 Å². The van der Waals surface area contributed by atoms with Crippen LogP contribution in [0.3, 0.4) is 0 Å². The predicted octanol–water partition coefficient (Wildman–Crippen LogP) is 7.23. The molecule has 0 aromatic heterocycles. The van der Waals surface area contributed by atoms with E-state index in [0.29, 0.717) is 25.8 Å². The van der Waals surface area contributed by atoms with E-state index in [1.165, 1.54) is 5.56 Å². The zero-order chi connectivity index (χ0) is 27.9. The molecule has 5 heteroatoms. The summed E-state index contributed by atoms with van der Waals surface area (Å²) in [6.45, 7) is 12.8. The van der Waals surface area contributed by atoms with E-state index in [1.54, 1.807) is 4.90 Å². The molecule has 3 aromatic carbocycles. The van der Waals surface area contributed by atoms with Crippen molar-refractivity contribution in [3.63, 3.8) is 0 Å². The van der Waals surface area contributed by atoms with Crippen molar-refractivity contribution in [3.8, 4) is 0 Å². The molecule has 3 rings (SSSR count). The standard InChI is InChI=1S/C33H41BrN2O2/c1-32(2,3)27-17-12-24(13-18-27)16-21-30(37)36(23-26-14-19-28(34)20-15-26)29(31(38)35-33(4,5)6)22-25-10-8-7-9-11-25/h7-15,17-20,29H,16,21-23H2,1-6H3,(H,35,38)/t29-/m0/s1. The summed E-state index contributed by atoms with van der Waals surface area (Å²) in [6, 6.07) is 25.7. The Labute approximate surface area is 237 Å². The molecule has 0 aliphatic carbocycles. The maximum absolute atomic E-state index is 13.9. The molecule has 0 aliphatic rings. The van der Waals surface area contributed by atoms with Crippen LogP contribution in [0.4, 0.5) is 0 Å². The number of aryl methyl sites for hydroxylation is 1. The van der Waals surface area contributed by atoms with Crippen molar-refractivity contribution < 1.29 is 9.59 Å². The summed E-state index contributed by atoms with van der Waals surface area (Å²) in [5.41, 5.74) is 4.07. The number of halogens is 1. The van der Waals surface area contributed by atoms with Crippen LogP contribution >= 0.6 is 15.9 Å². The Kier molecular flexibility index (Phi) is 9.94. The summed E-state index contributed by atoms with van der Waals surface area (Å²) >= 11 is 3.49. The number of amides is 2. The normalized spacial score (nSPS) is 12.6. The lowest BCUT2D eigenvalue weighted by Gasteiger charge is -2.34. The quantitative estimate of drug-likeness (QED) is 0.292. The minimum absolute atomic E-state index is 0.0298. The number of benzene rings is 3. The first-order valence-corrected chi connectivity index (χ1v) is 14.1. The number of carbonyl (C=O) groups excluding carboxylic acids is 2. The SMILES string of the molecule is CC(C)(C)NC(=O)[C@H](Cc1ccccc1)N(Cc1ccc(Br)cc1)C(=O)CCc1ccc(C(C)(C)C)cc1. The van der Waals surface area contributed by atoms with Gasteiger partial charge < -0.3 is 10.2 Å². The average Bonchev–Trinajstić information content (AvgIpc) is 2.85. The van der Waals surface area contributed by atoms with E-state index >= 15 is 0 Å². The number of hydrogen-bond donors (Lipinski definition) is 1. The van der Waals surface area contributed by atoms with Gasteiger partial charge in [-0.15, -0.1) is 0 Å².